The number of hydrogen-bond acceptors (Lipinski definition) is 5. The third-order valence-electron chi connectivity index (χ3n) is 2.66. The molecule has 2 N–H and O–H groups in total. The van der Waals surface area contributed by atoms with Crippen LogP contribution in [0.4, 0.5) is 0 Å². The van der Waals surface area contributed by atoms with Gasteiger partial charge in [-0.25, -0.2) is 0 Å². The smallest absolute Gasteiger partial charge is 0.229 e. The molecule has 4 nitrogen and oxygen atoms in total. The highest BCUT2D eigenvalue weighted by molar-refractivity contribution is 8.00. The molecular weight excluding hydrogens is 210 g/mol. The number of aromatic nitrogens is 2. The van der Waals surface area contributed by atoms with Crippen LogP contribution in [0.1, 0.15) is 44.8 Å². The van der Waals surface area contributed by atoms with Crippen molar-refractivity contribution >= 4 is 11.8 Å². The van der Waals surface area contributed by atoms with E-state index in [9.17, 15) is 0 Å². The Morgan fingerprint density at radius 1 is 1.60 bits per heavy atom. The van der Waals surface area contributed by atoms with E-state index in [1.54, 1.807) is 0 Å². The van der Waals surface area contributed by atoms with E-state index >= 15 is 0 Å². The predicted octanol–water partition coefficient (Wildman–Crippen LogP) is 1.87. The van der Waals surface area contributed by atoms with E-state index in [1.807, 2.05) is 25.6 Å². The van der Waals surface area contributed by atoms with Crippen molar-refractivity contribution in [3.05, 3.63) is 11.7 Å². The van der Waals surface area contributed by atoms with E-state index in [0.29, 0.717) is 17.0 Å². The summed E-state index contributed by atoms with van der Waals surface area (Å²) in [5.74, 6) is 2.49. The summed E-state index contributed by atoms with van der Waals surface area (Å²) in [5.41, 5.74) is 5.89. The lowest BCUT2D eigenvalue weighted by Crippen LogP contribution is -2.38. The molecule has 1 aromatic heterocycles. The molecule has 1 aromatic rings. The van der Waals surface area contributed by atoms with Gasteiger partial charge in [-0.15, -0.1) is 0 Å². The van der Waals surface area contributed by atoms with Gasteiger partial charge in [0.25, 0.3) is 0 Å². The highest BCUT2D eigenvalue weighted by Crippen LogP contribution is 2.38. The van der Waals surface area contributed by atoms with Gasteiger partial charge in [0.1, 0.15) is 0 Å². The lowest BCUT2D eigenvalue weighted by Gasteiger charge is -2.17. The summed E-state index contributed by atoms with van der Waals surface area (Å²) in [7, 11) is 0. The first-order chi connectivity index (χ1) is 7.01. The Bertz CT molecular complexity index is 352. The molecule has 0 bridgehead atoms. The van der Waals surface area contributed by atoms with Crippen molar-refractivity contribution in [2.24, 2.45) is 5.73 Å². The molecule has 0 aromatic carbocycles. The molecular formula is C10H17N3OS. The quantitative estimate of drug-likeness (QED) is 0.835. The molecule has 0 spiro atoms. The van der Waals surface area contributed by atoms with Crippen LogP contribution in [0.2, 0.25) is 0 Å². The lowest BCUT2D eigenvalue weighted by atomic mass is 9.97. The summed E-state index contributed by atoms with van der Waals surface area (Å²) in [6, 6.07) is 0. The van der Waals surface area contributed by atoms with Crippen molar-refractivity contribution in [2.45, 2.75) is 43.9 Å². The first-order valence-electron chi connectivity index (χ1n) is 5.26. The minimum absolute atomic E-state index is 0.265. The van der Waals surface area contributed by atoms with Gasteiger partial charge in [0.2, 0.25) is 5.89 Å². The van der Waals surface area contributed by atoms with Crippen LogP contribution in [0.25, 0.3) is 0 Å². The number of hydrogen-bond donors (Lipinski definition) is 1. The normalized spacial score (nSPS) is 31.4. The fourth-order valence-electron chi connectivity index (χ4n) is 1.75. The zero-order chi connectivity index (χ0) is 11.1. The molecule has 2 rings (SSSR count). The molecule has 0 aliphatic carbocycles. The second-order valence-electron chi connectivity index (χ2n) is 4.59. The topological polar surface area (TPSA) is 64.9 Å². The lowest BCUT2D eigenvalue weighted by molar-refractivity contribution is 0.345. The Kier molecular flexibility index (Phi) is 2.77. The molecule has 1 saturated heterocycles. The van der Waals surface area contributed by atoms with E-state index in [-0.39, 0.29) is 11.5 Å². The van der Waals surface area contributed by atoms with Gasteiger partial charge < -0.3 is 10.3 Å². The zero-order valence-corrected chi connectivity index (χ0v) is 10.2. The summed E-state index contributed by atoms with van der Waals surface area (Å²) < 4.78 is 5.19. The highest BCUT2D eigenvalue weighted by atomic mass is 32.2. The number of nitrogens with two attached hydrogens (primary N) is 1. The maximum atomic E-state index is 6.28. The third-order valence-corrected chi connectivity index (χ3v) is 4.08. The van der Waals surface area contributed by atoms with Crippen LogP contribution in [0.5, 0.6) is 0 Å². The Balaban J connectivity index is 2.22. The van der Waals surface area contributed by atoms with Crippen LogP contribution in [0.15, 0.2) is 4.52 Å². The maximum Gasteiger partial charge on any atom is 0.229 e. The summed E-state index contributed by atoms with van der Waals surface area (Å²) >= 11 is 1.87. The van der Waals surface area contributed by atoms with Crippen molar-refractivity contribution in [1.29, 1.82) is 0 Å². The SMILES string of the molecule is CC1CC(N)(c2noc(C(C)C)n2)CS1. The average Bonchev–Trinajstić information content (AvgIpc) is 2.73. The second-order valence-corrected chi connectivity index (χ2v) is 6.02. The Hall–Kier alpha value is -0.550. The van der Waals surface area contributed by atoms with Gasteiger partial charge >= 0.3 is 0 Å². The van der Waals surface area contributed by atoms with Crippen LogP contribution in [-0.4, -0.2) is 21.1 Å². The van der Waals surface area contributed by atoms with Crippen molar-refractivity contribution in [3.63, 3.8) is 0 Å². The largest absolute Gasteiger partial charge is 0.339 e. The van der Waals surface area contributed by atoms with E-state index < -0.39 is 0 Å². The molecule has 0 radical (unpaired) electrons. The van der Waals surface area contributed by atoms with Crippen LogP contribution in [-0.2, 0) is 5.54 Å². The standard InChI is InChI=1S/C10H17N3OS/c1-6(2)8-12-9(13-14-8)10(11)4-7(3)15-5-10/h6-7H,4-5,11H2,1-3H3. The van der Waals surface area contributed by atoms with Gasteiger partial charge in [-0.3, -0.25) is 0 Å². The second kappa shape index (κ2) is 3.79. The first-order valence-corrected chi connectivity index (χ1v) is 6.31. The number of thioether (sulfide) groups is 1. The van der Waals surface area contributed by atoms with Crippen LogP contribution >= 0.6 is 11.8 Å². The van der Waals surface area contributed by atoms with E-state index in [0.717, 1.165) is 12.2 Å². The molecule has 1 fully saturated rings. The van der Waals surface area contributed by atoms with Crippen molar-refractivity contribution in [2.75, 3.05) is 5.75 Å². The van der Waals surface area contributed by atoms with Crippen molar-refractivity contribution in [3.8, 4) is 0 Å². The summed E-state index contributed by atoms with van der Waals surface area (Å²) in [6.45, 7) is 6.25. The summed E-state index contributed by atoms with van der Waals surface area (Å²) in [6.07, 6.45) is 0.925. The van der Waals surface area contributed by atoms with Gasteiger partial charge in [0, 0.05) is 16.9 Å². The van der Waals surface area contributed by atoms with E-state index in [4.69, 9.17) is 10.3 Å². The van der Waals surface area contributed by atoms with Gasteiger partial charge in [-0.05, 0) is 6.42 Å². The van der Waals surface area contributed by atoms with Gasteiger partial charge in [0.05, 0.1) is 5.54 Å². The Labute approximate surface area is 94.0 Å². The molecule has 2 heterocycles. The molecule has 5 heteroatoms. The average molecular weight is 227 g/mol. The minimum Gasteiger partial charge on any atom is -0.339 e. The summed E-state index contributed by atoms with van der Waals surface area (Å²) in [4.78, 5) is 4.38. The molecule has 0 amide bonds. The Morgan fingerprint density at radius 3 is 2.80 bits per heavy atom. The maximum absolute atomic E-state index is 6.28. The van der Waals surface area contributed by atoms with Gasteiger partial charge in [0.15, 0.2) is 5.82 Å². The highest BCUT2D eigenvalue weighted by Gasteiger charge is 2.40. The van der Waals surface area contributed by atoms with Gasteiger partial charge in [-0.2, -0.15) is 16.7 Å². The monoisotopic (exact) mass is 227 g/mol. The molecule has 2 unspecified atom stereocenters. The number of nitrogens with zero attached hydrogens (tertiary/aromatic N) is 2. The molecule has 1 aliphatic rings. The van der Waals surface area contributed by atoms with E-state index in [1.165, 1.54) is 0 Å². The fourth-order valence-corrected chi connectivity index (χ4v) is 2.99. The van der Waals surface area contributed by atoms with Crippen molar-refractivity contribution in [1.82, 2.24) is 10.1 Å². The Morgan fingerprint density at radius 2 is 2.33 bits per heavy atom. The van der Waals surface area contributed by atoms with Gasteiger partial charge in [-0.1, -0.05) is 25.9 Å². The fraction of sp³-hybridized carbons (Fsp3) is 0.800. The molecule has 84 valence electrons. The third kappa shape index (κ3) is 2.03. The molecule has 1 aliphatic heterocycles. The first kappa shape index (κ1) is 11.0. The summed E-state index contributed by atoms with van der Waals surface area (Å²) in [5, 5.41) is 4.58. The predicted molar refractivity (Wildman–Crippen MR) is 60.8 cm³/mol. The molecule has 0 saturated carbocycles. The minimum atomic E-state index is -0.388. The van der Waals surface area contributed by atoms with E-state index in [2.05, 4.69) is 17.1 Å². The molecule has 2 atom stereocenters. The zero-order valence-electron chi connectivity index (χ0n) is 9.36. The van der Waals surface area contributed by atoms with Crippen LogP contribution < -0.4 is 5.73 Å². The number of rotatable bonds is 2. The molecule has 15 heavy (non-hydrogen) atoms. The van der Waals surface area contributed by atoms with Crippen LogP contribution in [0, 0.1) is 0 Å². The van der Waals surface area contributed by atoms with Crippen molar-refractivity contribution < 1.29 is 4.52 Å². The van der Waals surface area contributed by atoms with Crippen LogP contribution in [0.3, 0.4) is 0 Å².